The third-order valence-electron chi connectivity index (χ3n) is 5.25. The van der Waals surface area contributed by atoms with Crippen molar-refractivity contribution in [3.05, 3.63) is 29.3 Å². The van der Waals surface area contributed by atoms with Crippen LogP contribution in [0.5, 0.6) is 0 Å². The van der Waals surface area contributed by atoms with E-state index >= 15 is 0 Å². The van der Waals surface area contributed by atoms with Crippen LogP contribution in [-0.4, -0.2) is 43.9 Å². The normalized spacial score (nSPS) is 21.8. The largest absolute Gasteiger partial charge is 0.345 e. The summed E-state index contributed by atoms with van der Waals surface area (Å²) in [4.78, 5) is 26.3. The van der Waals surface area contributed by atoms with E-state index in [1.165, 1.54) is 0 Å². The number of carbonyl (C=O) groups excluding carboxylic acids is 2. The number of nitrogens with zero attached hydrogens (tertiary/aromatic N) is 1. The molecule has 2 aliphatic rings. The number of aryl methyl sites for hydroxylation is 1. The molecule has 1 atom stereocenters. The summed E-state index contributed by atoms with van der Waals surface area (Å²) in [5.41, 5.74) is 2.49. The predicted octanol–water partition coefficient (Wildman–Crippen LogP) is 2.03. The number of piperidine rings is 1. The molecule has 1 aliphatic heterocycles. The zero-order valence-electron chi connectivity index (χ0n) is 14.1. The van der Waals surface area contributed by atoms with Gasteiger partial charge in [0.15, 0.2) is 0 Å². The van der Waals surface area contributed by atoms with Crippen molar-refractivity contribution in [1.82, 2.24) is 10.2 Å². The van der Waals surface area contributed by atoms with Crippen LogP contribution in [0.2, 0.25) is 0 Å². The van der Waals surface area contributed by atoms with Crippen molar-refractivity contribution >= 4 is 17.5 Å². The van der Waals surface area contributed by atoms with E-state index < -0.39 is 0 Å². The Labute approximate surface area is 137 Å². The highest BCUT2D eigenvalue weighted by atomic mass is 16.2. The molecule has 23 heavy (non-hydrogen) atoms. The first-order chi connectivity index (χ1) is 10.9. The summed E-state index contributed by atoms with van der Waals surface area (Å²) < 4.78 is 0. The maximum atomic E-state index is 12.5. The summed E-state index contributed by atoms with van der Waals surface area (Å²) in [5, 5.41) is 6.36. The Morgan fingerprint density at radius 2 is 1.96 bits per heavy atom. The van der Waals surface area contributed by atoms with Crippen LogP contribution in [0.1, 0.15) is 35.2 Å². The number of hydrogen-bond donors (Lipinski definition) is 2. The first kappa shape index (κ1) is 16.0. The van der Waals surface area contributed by atoms with E-state index in [-0.39, 0.29) is 23.1 Å². The number of hydrogen-bond acceptors (Lipinski definition) is 3. The zero-order chi connectivity index (χ0) is 16.6. The summed E-state index contributed by atoms with van der Waals surface area (Å²) >= 11 is 0. The van der Waals surface area contributed by atoms with E-state index in [4.69, 9.17) is 0 Å². The van der Waals surface area contributed by atoms with E-state index in [2.05, 4.69) is 10.6 Å². The summed E-state index contributed by atoms with van der Waals surface area (Å²) in [6, 6.07) is 5.55. The number of rotatable bonds is 3. The zero-order valence-corrected chi connectivity index (χ0v) is 14.1. The van der Waals surface area contributed by atoms with Gasteiger partial charge in [-0.05, 0) is 62.4 Å². The SMILES string of the molecule is Cc1ccc(NC(=O)C2CC23CCNCC3)cc1C(=O)N(C)C. The molecule has 0 aromatic heterocycles. The van der Waals surface area contributed by atoms with Crippen molar-refractivity contribution in [1.29, 1.82) is 0 Å². The second-order valence-corrected chi connectivity index (χ2v) is 7.09. The molecule has 1 saturated carbocycles. The average molecular weight is 315 g/mol. The molecular formula is C18H25N3O2. The molecule has 1 aromatic carbocycles. The molecular weight excluding hydrogens is 290 g/mol. The number of nitrogens with one attached hydrogen (secondary N) is 2. The molecule has 1 aliphatic carbocycles. The van der Waals surface area contributed by atoms with Crippen LogP contribution in [-0.2, 0) is 4.79 Å². The van der Waals surface area contributed by atoms with Crippen LogP contribution in [0.3, 0.4) is 0 Å². The van der Waals surface area contributed by atoms with Crippen LogP contribution >= 0.6 is 0 Å². The molecule has 2 amide bonds. The molecule has 5 nitrogen and oxygen atoms in total. The van der Waals surface area contributed by atoms with Gasteiger partial charge in [0, 0.05) is 31.3 Å². The Morgan fingerprint density at radius 1 is 1.26 bits per heavy atom. The first-order valence-corrected chi connectivity index (χ1v) is 8.27. The second kappa shape index (κ2) is 5.96. The van der Waals surface area contributed by atoms with Crippen molar-refractivity contribution in [3.63, 3.8) is 0 Å². The molecule has 5 heteroatoms. The molecule has 0 radical (unpaired) electrons. The van der Waals surface area contributed by atoms with Gasteiger partial charge < -0.3 is 15.5 Å². The quantitative estimate of drug-likeness (QED) is 0.897. The predicted molar refractivity (Wildman–Crippen MR) is 90.5 cm³/mol. The number of benzene rings is 1. The van der Waals surface area contributed by atoms with Gasteiger partial charge in [-0.15, -0.1) is 0 Å². The highest BCUT2D eigenvalue weighted by molar-refractivity contribution is 5.99. The standard InChI is InChI=1S/C18H25N3O2/c1-12-4-5-13(10-14(12)17(23)21(2)3)20-16(22)15-11-18(15)6-8-19-9-7-18/h4-5,10,15,19H,6-9,11H2,1-3H3,(H,20,22). The molecule has 3 rings (SSSR count). The number of anilines is 1. The molecule has 2 N–H and O–H groups in total. The lowest BCUT2D eigenvalue weighted by Crippen LogP contribution is -2.31. The molecule has 0 bridgehead atoms. The van der Waals surface area contributed by atoms with Crippen molar-refractivity contribution < 1.29 is 9.59 Å². The topological polar surface area (TPSA) is 61.4 Å². The molecule has 1 aromatic rings. The fourth-order valence-electron chi connectivity index (χ4n) is 3.60. The third-order valence-corrected chi connectivity index (χ3v) is 5.25. The monoisotopic (exact) mass is 315 g/mol. The van der Waals surface area contributed by atoms with Gasteiger partial charge in [0.1, 0.15) is 0 Å². The van der Waals surface area contributed by atoms with Crippen molar-refractivity contribution in [2.45, 2.75) is 26.2 Å². The van der Waals surface area contributed by atoms with Crippen LogP contribution in [0.15, 0.2) is 18.2 Å². The minimum absolute atomic E-state index is 0.0418. The van der Waals surface area contributed by atoms with Crippen LogP contribution in [0, 0.1) is 18.3 Å². The third kappa shape index (κ3) is 3.11. The van der Waals surface area contributed by atoms with Gasteiger partial charge in [0.25, 0.3) is 5.91 Å². The van der Waals surface area contributed by atoms with E-state index in [0.29, 0.717) is 11.3 Å². The Kier molecular flexibility index (Phi) is 4.15. The average Bonchev–Trinajstić information content (AvgIpc) is 3.22. The van der Waals surface area contributed by atoms with Crippen LogP contribution in [0.4, 0.5) is 5.69 Å². The van der Waals surface area contributed by atoms with Crippen molar-refractivity contribution in [2.24, 2.45) is 11.3 Å². The molecule has 1 saturated heterocycles. The number of amides is 2. The Hall–Kier alpha value is -1.88. The lowest BCUT2D eigenvalue weighted by Gasteiger charge is -2.23. The minimum Gasteiger partial charge on any atom is -0.345 e. The summed E-state index contributed by atoms with van der Waals surface area (Å²) in [6.07, 6.45) is 3.17. The fraction of sp³-hybridized carbons (Fsp3) is 0.556. The number of carbonyl (C=O) groups is 2. The Morgan fingerprint density at radius 3 is 2.61 bits per heavy atom. The highest BCUT2D eigenvalue weighted by Crippen LogP contribution is 2.58. The Bertz CT molecular complexity index is 633. The minimum atomic E-state index is -0.0418. The van der Waals surface area contributed by atoms with Crippen molar-refractivity contribution in [2.75, 3.05) is 32.5 Å². The van der Waals surface area contributed by atoms with Gasteiger partial charge in [-0.25, -0.2) is 0 Å². The highest BCUT2D eigenvalue weighted by Gasteiger charge is 2.57. The summed E-state index contributed by atoms with van der Waals surface area (Å²) in [5.74, 6) is 0.178. The smallest absolute Gasteiger partial charge is 0.253 e. The van der Waals surface area contributed by atoms with Gasteiger partial charge in [0.05, 0.1) is 0 Å². The van der Waals surface area contributed by atoms with Gasteiger partial charge in [-0.2, -0.15) is 0 Å². The van der Waals surface area contributed by atoms with Gasteiger partial charge >= 0.3 is 0 Å². The van der Waals surface area contributed by atoms with Gasteiger partial charge in [-0.1, -0.05) is 6.07 Å². The van der Waals surface area contributed by atoms with E-state index in [1.807, 2.05) is 19.1 Å². The van der Waals surface area contributed by atoms with E-state index in [1.54, 1.807) is 25.1 Å². The van der Waals surface area contributed by atoms with E-state index in [9.17, 15) is 9.59 Å². The van der Waals surface area contributed by atoms with Crippen LogP contribution in [0.25, 0.3) is 0 Å². The molecule has 1 spiro atoms. The fourth-order valence-corrected chi connectivity index (χ4v) is 3.60. The second-order valence-electron chi connectivity index (χ2n) is 7.09. The molecule has 1 unspecified atom stereocenters. The van der Waals surface area contributed by atoms with E-state index in [0.717, 1.165) is 37.9 Å². The van der Waals surface area contributed by atoms with Crippen LogP contribution < -0.4 is 10.6 Å². The Balaban J connectivity index is 1.70. The van der Waals surface area contributed by atoms with Gasteiger partial charge in [-0.3, -0.25) is 9.59 Å². The summed E-state index contributed by atoms with van der Waals surface area (Å²) in [6.45, 7) is 3.93. The van der Waals surface area contributed by atoms with Gasteiger partial charge in [0.2, 0.25) is 5.91 Å². The molecule has 2 fully saturated rings. The maximum absolute atomic E-state index is 12.5. The lowest BCUT2D eigenvalue weighted by molar-refractivity contribution is -0.118. The maximum Gasteiger partial charge on any atom is 0.253 e. The first-order valence-electron chi connectivity index (χ1n) is 8.27. The van der Waals surface area contributed by atoms with Crippen molar-refractivity contribution in [3.8, 4) is 0 Å². The molecule has 124 valence electrons. The summed E-state index contributed by atoms with van der Waals surface area (Å²) in [7, 11) is 3.47. The molecule has 1 heterocycles. The lowest BCUT2D eigenvalue weighted by atomic mass is 9.91.